The Balaban J connectivity index is 2.28. The molecule has 2 rings (SSSR count). The average molecular weight is 319 g/mol. The topological polar surface area (TPSA) is 38.1 Å². The van der Waals surface area contributed by atoms with Crippen molar-refractivity contribution >= 4 is 28.7 Å². The number of rotatable bonds is 8. The minimum absolute atomic E-state index is 0.189. The second-order valence-electron chi connectivity index (χ2n) is 5.42. The van der Waals surface area contributed by atoms with Crippen molar-refractivity contribution < 1.29 is 4.79 Å². The summed E-state index contributed by atoms with van der Waals surface area (Å²) < 4.78 is 2.08. The van der Waals surface area contributed by atoms with Crippen LogP contribution in [0.5, 0.6) is 0 Å². The third kappa shape index (κ3) is 3.83. The van der Waals surface area contributed by atoms with Crippen LogP contribution in [-0.4, -0.2) is 39.7 Å². The minimum atomic E-state index is 0.189. The van der Waals surface area contributed by atoms with Gasteiger partial charge in [-0.15, -0.1) is 0 Å². The molecule has 0 atom stereocenters. The number of amides is 1. The summed E-state index contributed by atoms with van der Waals surface area (Å²) in [5.74, 6) is 1.99. The zero-order valence-corrected chi connectivity index (χ0v) is 14.5. The maximum atomic E-state index is 12.7. The summed E-state index contributed by atoms with van der Waals surface area (Å²) in [5.41, 5.74) is 2.02. The molecule has 0 saturated carbocycles. The lowest BCUT2D eigenvalue weighted by Gasteiger charge is -2.22. The summed E-state index contributed by atoms with van der Waals surface area (Å²) >= 11 is 1.73. The molecule has 0 spiro atoms. The maximum Gasteiger partial charge on any atom is 0.242 e. The number of imidazole rings is 1. The molecule has 5 heteroatoms. The van der Waals surface area contributed by atoms with Crippen LogP contribution in [0.4, 0.5) is 0 Å². The molecule has 22 heavy (non-hydrogen) atoms. The molecule has 2 aromatic rings. The van der Waals surface area contributed by atoms with Crippen molar-refractivity contribution in [3.05, 3.63) is 30.1 Å². The quantitative estimate of drug-likeness (QED) is 0.747. The van der Waals surface area contributed by atoms with Crippen LogP contribution in [0.2, 0.25) is 0 Å². The number of hydrogen-bond acceptors (Lipinski definition) is 3. The van der Waals surface area contributed by atoms with E-state index in [1.807, 2.05) is 29.2 Å². The smallest absolute Gasteiger partial charge is 0.242 e. The highest BCUT2D eigenvalue weighted by molar-refractivity contribution is 7.97. The summed E-state index contributed by atoms with van der Waals surface area (Å²) in [6.07, 6.45) is 4.05. The normalized spacial score (nSPS) is 11.0. The van der Waals surface area contributed by atoms with E-state index in [2.05, 4.69) is 29.7 Å². The number of hydrogen-bond donors (Lipinski definition) is 0. The number of para-hydroxylation sites is 2. The lowest BCUT2D eigenvalue weighted by molar-refractivity contribution is -0.131. The lowest BCUT2D eigenvalue weighted by atomic mass is 10.3. The molecule has 1 heterocycles. The second kappa shape index (κ2) is 8.22. The Bertz CT molecular complexity index is 617. The zero-order chi connectivity index (χ0) is 15.9. The number of carbonyl (C=O) groups is 1. The van der Waals surface area contributed by atoms with Crippen LogP contribution >= 0.6 is 11.8 Å². The highest BCUT2D eigenvalue weighted by Gasteiger charge is 2.17. The summed E-state index contributed by atoms with van der Waals surface area (Å²) in [6.45, 7) is 6.27. The predicted molar refractivity (Wildman–Crippen MR) is 94.1 cm³/mol. The molecule has 4 nitrogen and oxygen atoms in total. The van der Waals surface area contributed by atoms with Crippen LogP contribution in [-0.2, 0) is 17.1 Å². The Kier molecular flexibility index (Phi) is 6.31. The molecule has 1 aromatic carbocycles. The van der Waals surface area contributed by atoms with E-state index in [-0.39, 0.29) is 5.91 Å². The van der Waals surface area contributed by atoms with Crippen molar-refractivity contribution in [3.63, 3.8) is 0 Å². The summed E-state index contributed by atoms with van der Waals surface area (Å²) in [6, 6.07) is 8.05. The fourth-order valence-electron chi connectivity index (χ4n) is 2.68. The van der Waals surface area contributed by atoms with E-state index in [4.69, 9.17) is 0 Å². The minimum Gasteiger partial charge on any atom is -0.341 e. The molecule has 0 aliphatic heterocycles. The van der Waals surface area contributed by atoms with Gasteiger partial charge in [0.15, 0.2) is 0 Å². The van der Waals surface area contributed by atoms with Gasteiger partial charge in [0.1, 0.15) is 12.4 Å². The number of carbonyl (C=O) groups excluding carboxylic acids is 1. The third-order valence-electron chi connectivity index (χ3n) is 3.64. The maximum absolute atomic E-state index is 12.7. The first-order valence-corrected chi connectivity index (χ1v) is 9.31. The zero-order valence-electron chi connectivity index (χ0n) is 13.7. The Morgan fingerprint density at radius 2 is 1.91 bits per heavy atom. The number of nitrogens with zero attached hydrogens (tertiary/aromatic N) is 3. The van der Waals surface area contributed by atoms with Gasteiger partial charge in [-0.05, 0) is 31.2 Å². The van der Waals surface area contributed by atoms with Crippen molar-refractivity contribution in [1.29, 1.82) is 0 Å². The number of aromatic nitrogens is 2. The molecule has 0 unspecified atom stereocenters. The molecule has 1 aromatic heterocycles. The first-order chi connectivity index (χ1) is 10.7. The van der Waals surface area contributed by atoms with Crippen LogP contribution in [0.25, 0.3) is 11.0 Å². The van der Waals surface area contributed by atoms with Crippen molar-refractivity contribution in [2.75, 3.05) is 19.3 Å². The van der Waals surface area contributed by atoms with E-state index >= 15 is 0 Å². The Morgan fingerprint density at radius 3 is 2.55 bits per heavy atom. The van der Waals surface area contributed by atoms with E-state index in [0.29, 0.717) is 6.54 Å². The fourth-order valence-corrected chi connectivity index (χ4v) is 3.16. The first kappa shape index (κ1) is 16.9. The third-order valence-corrected chi connectivity index (χ3v) is 4.19. The van der Waals surface area contributed by atoms with Crippen LogP contribution in [0.1, 0.15) is 32.5 Å². The van der Waals surface area contributed by atoms with E-state index in [1.165, 1.54) is 0 Å². The van der Waals surface area contributed by atoms with Gasteiger partial charge in [-0.1, -0.05) is 26.0 Å². The average Bonchev–Trinajstić information content (AvgIpc) is 2.85. The molecule has 0 saturated heterocycles. The van der Waals surface area contributed by atoms with Gasteiger partial charge in [0.25, 0.3) is 0 Å². The van der Waals surface area contributed by atoms with Crippen LogP contribution < -0.4 is 0 Å². The van der Waals surface area contributed by atoms with Gasteiger partial charge in [0, 0.05) is 13.1 Å². The number of thioether (sulfide) groups is 1. The Morgan fingerprint density at radius 1 is 1.23 bits per heavy atom. The highest BCUT2D eigenvalue weighted by Crippen LogP contribution is 2.19. The first-order valence-electron chi connectivity index (χ1n) is 7.92. The Labute approximate surface area is 136 Å². The van der Waals surface area contributed by atoms with Crippen molar-refractivity contribution in [2.45, 2.75) is 39.0 Å². The summed E-state index contributed by atoms with van der Waals surface area (Å²) in [5, 5.41) is 0. The van der Waals surface area contributed by atoms with E-state index in [1.54, 1.807) is 11.8 Å². The highest BCUT2D eigenvalue weighted by atomic mass is 32.2. The van der Waals surface area contributed by atoms with E-state index in [0.717, 1.165) is 48.5 Å². The predicted octanol–water partition coefficient (Wildman–Crippen LogP) is 3.55. The summed E-state index contributed by atoms with van der Waals surface area (Å²) in [7, 11) is 0. The van der Waals surface area contributed by atoms with Gasteiger partial charge >= 0.3 is 0 Å². The van der Waals surface area contributed by atoms with Crippen LogP contribution in [0.3, 0.4) is 0 Å². The lowest BCUT2D eigenvalue weighted by Crippen LogP contribution is -2.35. The van der Waals surface area contributed by atoms with Gasteiger partial charge in [-0.2, -0.15) is 11.8 Å². The molecule has 0 aliphatic carbocycles. The summed E-state index contributed by atoms with van der Waals surface area (Å²) in [4.78, 5) is 19.3. The van der Waals surface area contributed by atoms with Crippen molar-refractivity contribution in [1.82, 2.24) is 14.5 Å². The van der Waals surface area contributed by atoms with E-state index in [9.17, 15) is 4.79 Å². The molecule has 0 radical (unpaired) electrons. The van der Waals surface area contributed by atoms with Gasteiger partial charge < -0.3 is 9.47 Å². The fraction of sp³-hybridized carbons (Fsp3) is 0.529. The largest absolute Gasteiger partial charge is 0.341 e. The van der Waals surface area contributed by atoms with Gasteiger partial charge in [-0.25, -0.2) is 4.98 Å². The van der Waals surface area contributed by atoms with Gasteiger partial charge in [0.2, 0.25) is 5.91 Å². The molecular formula is C17H25N3OS. The molecule has 0 fully saturated rings. The second-order valence-corrected chi connectivity index (χ2v) is 6.28. The molecule has 0 aliphatic rings. The van der Waals surface area contributed by atoms with Crippen molar-refractivity contribution in [3.8, 4) is 0 Å². The molecule has 0 N–H and O–H groups in total. The molecule has 0 bridgehead atoms. The van der Waals surface area contributed by atoms with Gasteiger partial charge in [-0.3, -0.25) is 4.79 Å². The molecule has 1 amide bonds. The SMILES string of the molecule is CCCN(CCC)C(=O)Cn1c(CSC)nc2ccccc21. The Hall–Kier alpha value is -1.49. The number of benzene rings is 1. The van der Waals surface area contributed by atoms with Crippen molar-refractivity contribution in [2.24, 2.45) is 0 Å². The monoisotopic (exact) mass is 319 g/mol. The molecule has 120 valence electrons. The number of fused-ring (bicyclic) bond motifs is 1. The van der Waals surface area contributed by atoms with Gasteiger partial charge in [0.05, 0.1) is 16.8 Å². The molecular weight excluding hydrogens is 294 g/mol. The van der Waals surface area contributed by atoms with Crippen LogP contribution in [0, 0.1) is 0 Å². The standard InChI is InChI=1S/C17H25N3OS/c1-4-10-19(11-5-2)17(21)12-20-15-9-7-6-8-14(15)18-16(20)13-22-3/h6-9H,4-5,10-13H2,1-3H3. The van der Waals surface area contributed by atoms with Crippen LogP contribution in [0.15, 0.2) is 24.3 Å². The van der Waals surface area contributed by atoms with E-state index < -0.39 is 0 Å².